The van der Waals surface area contributed by atoms with Gasteiger partial charge in [0.2, 0.25) is 0 Å². The first-order valence-corrected chi connectivity index (χ1v) is 12.3. The minimum Gasteiger partial charge on any atom is -0.466 e. The molecule has 35 heavy (non-hydrogen) atoms. The summed E-state index contributed by atoms with van der Waals surface area (Å²) in [6, 6.07) is 9.17. The van der Waals surface area contributed by atoms with Gasteiger partial charge in [0.05, 0.1) is 39.9 Å². The summed E-state index contributed by atoms with van der Waals surface area (Å²) >= 11 is 3.38. The molecule has 10 heteroatoms. The van der Waals surface area contributed by atoms with E-state index in [1.807, 2.05) is 24.3 Å². The maximum atomic E-state index is 12.7. The minimum absolute atomic E-state index is 0.154. The summed E-state index contributed by atoms with van der Waals surface area (Å²) < 4.78 is 5.32. The third-order valence-corrected chi connectivity index (χ3v) is 6.82. The number of benzene rings is 2. The maximum Gasteiger partial charge on any atom is 0.307 e. The zero-order chi connectivity index (χ0) is 25.1. The highest BCUT2D eigenvalue weighted by Crippen LogP contribution is 2.40. The quantitative estimate of drug-likeness (QED) is 0.277. The van der Waals surface area contributed by atoms with Crippen molar-refractivity contribution in [3.63, 3.8) is 0 Å². The van der Waals surface area contributed by atoms with Crippen molar-refractivity contribution in [2.24, 2.45) is 10.2 Å². The Bertz CT molecular complexity index is 1280. The number of nitriles is 1. The normalized spacial score (nSPS) is 14.8. The van der Waals surface area contributed by atoms with Crippen LogP contribution in [-0.4, -0.2) is 48.9 Å². The molecule has 0 N–H and O–H groups in total. The second-order valence-electron chi connectivity index (χ2n) is 8.13. The van der Waals surface area contributed by atoms with Crippen LogP contribution in [0.25, 0.3) is 0 Å². The van der Waals surface area contributed by atoms with Gasteiger partial charge >= 0.3 is 5.97 Å². The molecule has 0 radical (unpaired) electrons. The largest absolute Gasteiger partial charge is 0.466 e. The zero-order valence-electron chi connectivity index (χ0n) is 19.5. The molecule has 0 atom stereocenters. The van der Waals surface area contributed by atoms with Crippen LogP contribution in [0.2, 0.25) is 0 Å². The zero-order valence-corrected chi connectivity index (χ0v) is 21.1. The smallest absolute Gasteiger partial charge is 0.307 e. The molecule has 2 aromatic carbocycles. The van der Waals surface area contributed by atoms with Gasteiger partial charge in [-0.3, -0.25) is 19.3 Å². The number of fused-ring (bicyclic) bond motifs is 2. The first-order valence-electron chi connectivity index (χ1n) is 11.5. The van der Waals surface area contributed by atoms with Gasteiger partial charge in [-0.25, -0.2) is 0 Å². The van der Waals surface area contributed by atoms with Crippen LogP contribution in [0.15, 0.2) is 39.0 Å². The number of carbonyl (C=O) groups excluding carboxylic acids is 3. The fourth-order valence-electron chi connectivity index (χ4n) is 4.38. The van der Waals surface area contributed by atoms with Gasteiger partial charge in [0.15, 0.2) is 0 Å². The Morgan fingerprint density at radius 3 is 2.71 bits per heavy atom. The Morgan fingerprint density at radius 2 is 2.00 bits per heavy atom. The summed E-state index contributed by atoms with van der Waals surface area (Å²) in [5.41, 5.74) is 3.51. The topological polar surface area (TPSA) is 115 Å². The van der Waals surface area contributed by atoms with E-state index >= 15 is 0 Å². The molecule has 0 unspecified atom stereocenters. The highest BCUT2D eigenvalue weighted by Gasteiger charge is 2.38. The van der Waals surface area contributed by atoms with Crippen molar-refractivity contribution in [1.82, 2.24) is 4.90 Å². The summed E-state index contributed by atoms with van der Waals surface area (Å²) in [7, 11) is 0. The number of halogens is 1. The molecule has 0 saturated heterocycles. The van der Waals surface area contributed by atoms with E-state index in [9.17, 15) is 19.6 Å². The van der Waals surface area contributed by atoms with E-state index in [2.05, 4.69) is 31.1 Å². The Morgan fingerprint density at radius 1 is 1.20 bits per heavy atom. The van der Waals surface area contributed by atoms with E-state index in [-0.39, 0.29) is 39.4 Å². The number of carbonyl (C=O) groups is 3. The predicted molar refractivity (Wildman–Crippen MR) is 132 cm³/mol. The molecule has 2 heterocycles. The minimum atomic E-state index is -0.421. The SMILES string of the molecule is CCOC(=O)CCN1CCCc2cc(/N=N/c3c(C#N)cc4c(c3Br)C(=O)N(CC)C4=O)ccc21. The van der Waals surface area contributed by atoms with Crippen LogP contribution in [-0.2, 0) is 16.0 Å². The van der Waals surface area contributed by atoms with Crippen LogP contribution in [0, 0.1) is 11.3 Å². The maximum absolute atomic E-state index is 12.7. The van der Waals surface area contributed by atoms with E-state index in [1.165, 1.54) is 6.07 Å². The number of ether oxygens (including phenoxy) is 1. The summed E-state index contributed by atoms with van der Waals surface area (Å²) in [4.78, 5) is 40.3. The number of azo groups is 1. The monoisotopic (exact) mass is 537 g/mol. The molecule has 9 nitrogen and oxygen atoms in total. The summed E-state index contributed by atoms with van der Waals surface area (Å²) in [6.07, 6.45) is 2.16. The standard InChI is InChI=1S/C25H24BrN5O4/c1-3-31-24(33)18-13-16(14-27)23(22(26)21(18)25(31)34)29-28-17-7-8-19-15(12-17)6-5-10-30(19)11-9-20(32)35-4-2/h7-8,12-13H,3-6,9-11H2,1-2H3/b29-28+. The molecule has 180 valence electrons. The van der Waals surface area contributed by atoms with E-state index in [0.717, 1.165) is 35.5 Å². The Kier molecular flexibility index (Phi) is 7.26. The van der Waals surface area contributed by atoms with Crippen LogP contribution in [0.3, 0.4) is 0 Å². The lowest BCUT2D eigenvalue weighted by Gasteiger charge is -2.31. The molecule has 0 aliphatic carbocycles. The molecule has 2 amide bonds. The highest BCUT2D eigenvalue weighted by molar-refractivity contribution is 9.10. The summed E-state index contributed by atoms with van der Waals surface area (Å²) in [5, 5.41) is 18.2. The van der Waals surface area contributed by atoms with Gasteiger partial charge in [-0.05, 0) is 72.4 Å². The Hall–Kier alpha value is -3.58. The van der Waals surface area contributed by atoms with Gasteiger partial charge in [0.25, 0.3) is 11.8 Å². The molecule has 2 aromatic rings. The molecule has 4 rings (SSSR count). The van der Waals surface area contributed by atoms with Crippen LogP contribution in [0.5, 0.6) is 0 Å². The average molecular weight is 538 g/mol. The van der Waals surface area contributed by atoms with Crippen molar-refractivity contribution < 1.29 is 19.1 Å². The molecular formula is C25H24BrN5O4. The lowest BCUT2D eigenvalue weighted by Crippen LogP contribution is -2.31. The van der Waals surface area contributed by atoms with Crippen LogP contribution in [0.1, 0.15) is 58.5 Å². The molecule has 0 bridgehead atoms. The molecule has 0 spiro atoms. The second-order valence-corrected chi connectivity index (χ2v) is 8.93. The molecule has 0 fully saturated rings. The first kappa shape index (κ1) is 24.5. The lowest BCUT2D eigenvalue weighted by atomic mass is 10.0. The van der Waals surface area contributed by atoms with Crippen LogP contribution >= 0.6 is 15.9 Å². The molecular weight excluding hydrogens is 514 g/mol. The van der Waals surface area contributed by atoms with E-state index in [4.69, 9.17) is 4.74 Å². The molecule has 0 saturated carbocycles. The van der Waals surface area contributed by atoms with Gasteiger partial charge in [-0.15, -0.1) is 5.11 Å². The number of hydrogen-bond acceptors (Lipinski definition) is 8. The molecule has 2 aliphatic rings. The lowest BCUT2D eigenvalue weighted by molar-refractivity contribution is -0.142. The number of amides is 2. The molecule has 2 aliphatic heterocycles. The predicted octanol–water partition coefficient (Wildman–Crippen LogP) is 5.06. The number of hydrogen-bond donors (Lipinski definition) is 0. The van der Waals surface area contributed by atoms with Gasteiger partial charge in [0.1, 0.15) is 11.8 Å². The van der Waals surface area contributed by atoms with Crippen molar-refractivity contribution in [1.29, 1.82) is 5.26 Å². The van der Waals surface area contributed by atoms with Crippen molar-refractivity contribution >= 4 is 50.8 Å². The van der Waals surface area contributed by atoms with Crippen LogP contribution in [0.4, 0.5) is 17.1 Å². The van der Waals surface area contributed by atoms with E-state index in [0.29, 0.717) is 25.3 Å². The van der Waals surface area contributed by atoms with E-state index in [1.54, 1.807) is 13.8 Å². The Balaban J connectivity index is 1.60. The van der Waals surface area contributed by atoms with Crippen molar-refractivity contribution in [2.75, 3.05) is 31.1 Å². The number of rotatable bonds is 7. The third kappa shape index (κ3) is 4.68. The van der Waals surface area contributed by atoms with Gasteiger partial charge in [-0.2, -0.15) is 10.4 Å². The average Bonchev–Trinajstić information content (AvgIpc) is 3.10. The number of aryl methyl sites for hydroxylation is 1. The van der Waals surface area contributed by atoms with Crippen molar-refractivity contribution in [3.05, 3.63) is 51.0 Å². The number of esters is 1. The van der Waals surface area contributed by atoms with Crippen molar-refractivity contribution in [3.8, 4) is 6.07 Å². The van der Waals surface area contributed by atoms with Crippen molar-refractivity contribution in [2.45, 2.75) is 33.1 Å². The first-order chi connectivity index (χ1) is 16.9. The highest BCUT2D eigenvalue weighted by atomic mass is 79.9. The van der Waals surface area contributed by atoms with E-state index < -0.39 is 11.8 Å². The van der Waals surface area contributed by atoms with Gasteiger partial charge in [0, 0.05) is 25.3 Å². The Labute approximate surface area is 211 Å². The second kappa shape index (κ2) is 10.4. The fraction of sp³-hybridized carbons (Fsp3) is 0.360. The fourth-order valence-corrected chi connectivity index (χ4v) is 5.06. The summed E-state index contributed by atoms with van der Waals surface area (Å²) in [6.45, 7) is 5.57. The summed E-state index contributed by atoms with van der Waals surface area (Å²) in [5.74, 6) is -1.05. The third-order valence-electron chi connectivity index (χ3n) is 6.05. The van der Waals surface area contributed by atoms with Crippen LogP contribution < -0.4 is 4.90 Å². The van der Waals surface area contributed by atoms with Gasteiger partial charge in [-0.1, -0.05) is 0 Å². The van der Waals surface area contributed by atoms with Gasteiger partial charge < -0.3 is 9.64 Å². The number of anilines is 1. The number of imide groups is 1. The number of nitrogens with zero attached hydrogens (tertiary/aromatic N) is 5. The molecule has 0 aromatic heterocycles.